The van der Waals surface area contributed by atoms with Crippen LogP contribution in [0.1, 0.15) is 41.9 Å². The number of hydrogen-bond donors (Lipinski definition) is 0. The highest BCUT2D eigenvalue weighted by molar-refractivity contribution is 6.30. The third kappa shape index (κ3) is 3.06. The molecule has 1 fully saturated rings. The lowest BCUT2D eigenvalue weighted by Crippen LogP contribution is -2.34. The molecule has 2 aromatic heterocycles. The van der Waals surface area contributed by atoms with Gasteiger partial charge in [0.2, 0.25) is 5.89 Å². The first kappa shape index (κ1) is 17.6. The lowest BCUT2D eigenvalue weighted by atomic mass is 9.96. The van der Waals surface area contributed by atoms with Crippen LogP contribution in [0.15, 0.2) is 22.7 Å². The molecule has 0 N–H and O–H groups in total. The van der Waals surface area contributed by atoms with Gasteiger partial charge in [0.25, 0.3) is 5.95 Å². The van der Waals surface area contributed by atoms with E-state index in [9.17, 15) is 0 Å². The molecule has 28 heavy (non-hydrogen) atoms. The largest absolute Gasteiger partial charge is 0.338 e. The van der Waals surface area contributed by atoms with Gasteiger partial charge in [-0.05, 0) is 48.8 Å². The van der Waals surface area contributed by atoms with Crippen LogP contribution in [0.25, 0.3) is 5.69 Å². The zero-order chi connectivity index (χ0) is 19.3. The Balaban J connectivity index is 1.45. The number of benzene rings is 1. The van der Waals surface area contributed by atoms with Crippen molar-refractivity contribution < 1.29 is 4.52 Å². The molecule has 1 aromatic carbocycles. The average Bonchev–Trinajstić information content (AvgIpc) is 3.25. The minimum absolute atomic E-state index is 0.345. The smallest absolute Gasteiger partial charge is 0.266 e. The first-order valence-corrected chi connectivity index (χ1v) is 9.93. The van der Waals surface area contributed by atoms with E-state index >= 15 is 0 Å². The first-order chi connectivity index (χ1) is 13.6. The van der Waals surface area contributed by atoms with Crippen molar-refractivity contribution in [3.05, 3.63) is 46.3 Å². The Kier molecular flexibility index (Phi) is 4.32. The summed E-state index contributed by atoms with van der Waals surface area (Å²) < 4.78 is 7.36. The molecule has 146 valence electrons. The van der Waals surface area contributed by atoms with Gasteiger partial charge in [0.05, 0.1) is 12.2 Å². The van der Waals surface area contributed by atoms with E-state index in [1.165, 1.54) is 5.56 Å². The van der Waals surface area contributed by atoms with E-state index in [0.717, 1.165) is 61.4 Å². The van der Waals surface area contributed by atoms with Crippen molar-refractivity contribution in [3.8, 4) is 5.69 Å². The minimum Gasteiger partial charge on any atom is -0.338 e. The molecule has 0 spiro atoms. The van der Waals surface area contributed by atoms with Crippen LogP contribution < -0.4 is 4.90 Å². The number of hydrogen-bond acceptors (Lipinski definition) is 7. The molecule has 0 saturated carbocycles. The maximum atomic E-state index is 6.26. The van der Waals surface area contributed by atoms with Crippen LogP contribution in [0.5, 0.6) is 0 Å². The highest BCUT2D eigenvalue weighted by atomic mass is 35.5. The van der Waals surface area contributed by atoms with Gasteiger partial charge < -0.3 is 9.42 Å². The van der Waals surface area contributed by atoms with Gasteiger partial charge >= 0.3 is 0 Å². The SMILES string of the molecule is Cc1nc(N2CCC(c3nnc4n3-c3ccc(Cl)cc3CN(C)C4)CC2)no1. The standard InChI is InChI=1S/C19H22ClN7O/c1-12-21-19(24-28-12)26-7-5-13(6-8-26)18-23-22-17-11-25(2)10-14-9-15(20)3-4-16(14)27(17)18/h3-4,9,13H,5-8,10-11H2,1-2H3. The van der Waals surface area contributed by atoms with Gasteiger partial charge in [0, 0.05) is 37.5 Å². The molecular weight excluding hydrogens is 378 g/mol. The molecule has 0 unspecified atom stereocenters. The highest BCUT2D eigenvalue weighted by Crippen LogP contribution is 2.33. The number of rotatable bonds is 2. The van der Waals surface area contributed by atoms with Crippen molar-refractivity contribution in [2.45, 2.75) is 38.8 Å². The molecule has 0 amide bonds. The predicted molar refractivity (Wildman–Crippen MR) is 105 cm³/mol. The Labute approximate surface area is 168 Å². The lowest BCUT2D eigenvalue weighted by molar-refractivity contribution is 0.315. The van der Waals surface area contributed by atoms with E-state index in [2.05, 4.69) is 47.8 Å². The summed E-state index contributed by atoms with van der Waals surface area (Å²) in [5.74, 6) is 3.64. The maximum absolute atomic E-state index is 6.26. The Morgan fingerprint density at radius 2 is 1.96 bits per heavy atom. The number of halogens is 1. The van der Waals surface area contributed by atoms with E-state index in [0.29, 0.717) is 17.8 Å². The van der Waals surface area contributed by atoms with Crippen LogP contribution in [0.3, 0.4) is 0 Å². The molecule has 9 heteroatoms. The summed E-state index contributed by atoms with van der Waals surface area (Å²) in [5.41, 5.74) is 2.34. The Bertz CT molecular complexity index is 1010. The molecule has 2 aliphatic heterocycles. The fourth-order valence-corrected chi connectivity index (χ4v) is 4.40. The third-order valence-corrected chi connectivity index (χ3v) is 5.78. The normalized spacial score (nSPS) is 18.0. The molecule has 1 saturated heterocycles. The summed E-state index contributed by atoms with van der Waals surface area (Å²) in [6.07, 6.45) is 1.95. The van der Waals surface area contributed by atoms with Crippen molar-refractivity contribution >= 4 is 17.5 Å². The molecule has 2 aliphatic rings. The van der Waals surface area contributed by atoms with Gasteiger partial charge in [-0.15, -0.1) is 10.2 Å². The maximum Gasteiger partial charge on any atom is 0.266 e. The molecule has 5 rings (SSSR count). The summed E-state index contributed by atoms with van der Waals surface area (Å²) >= 11 is 6.26. The van der Waals surface area contributed by atoms with Gasteiger partial charge in [-0.3, -0.25) is 9.47 Å². The quantitative estimate of drug-likeness (QED) is 0.655. The number of anilines is 1. The molecule has 0 radical (unpaired) electrons. The zero-order valence-corrected chi connectivity index (χ0v) is 16.7. The Morgan fingerprint density at radius 1 is 1.14 bits per heavy atom. The van der Waals surface area contributed by atoms with Gasteiger partial charge in [-0.25, -0.2) is 0 Å². The van der Waals surface area contributed by atoms with Crippen LogP contribution in [-0.2, 0) is 13.1 Å². The van der Waals surface area contributed by atoms with Crippen molar-refractivity contribution in [2.24, 2.45) is 0 Å². The molecule has 0 aliphatic carbocycles. The highest BCUT2D eigenvalue weighted by Gasteiger charge is 2.30. The molecule has 3 aromatic rings. The third-order valence-electron chi connectivity index (χ3n) is 5.55. The molecule has 0 bridgehead atoms. The summed E-state index contributed by atoms with van der Waals surface area (Å²) in [6.45, 7) is 5.17. The van der Waals surface area contributed by atoms with Crippen molar-refractivity contribution in [2.75, 3.05) is 25.0 Å². The van der Waals surface area contributed by atoms with Crippen molar-refractivity contribution in [1.29, 1.82) is 0 Å². The average molecular weight is 400 g/mol. The second-order valence-corrected chi connectivity index (χ2v) is 8.07. The van der Waals surface area contributed by atoms with Crippen LogP contribution in [0.4, 0.5) is 5.95 Å². The number of piperidine rings is 1. The number of aromatic nitrogens is 5. The van der Waals surface area contributed by atoms with E-state index < -0.39 is 0 Å². The first-order valence-electron chi connectivity index (χ1n) is 9.55. The molecule has 0 atom stereocenters. The van der Waals surface area contributed by atoms with Crippen LogP contribution in [0.2, 0.25) is 5.02 Å². The van der Waals surface area contributed by atoms with E-state index in [1.54, 1.807) is 0 Å². The van der Waals surface area contributed by atoms with Gasteiger partial charge in [-0.2, -0.15) is 4.98 Å². The van der Waals surface area contributed by atoms with Crippen LogP contribution in [0, 0.1) is 6.92 Å². The van der Waals surface area contributed by atoms with Crippen molar-refractivity contribution in [3.63, 3.8) is 0 Å². The summed E-state index contributed by atoms with van der Waals surface area (Å²) in [6, 6.07) is 6.08. The van der Waals surface area contributed by atoms with Crippen LogP contribution >= 0.6 is 11.6 Å². The molecule has 8 nitrogen and oxygen atoms in total. The summed E-state index contributed by atoms with van der Waals surface area (Å²) in [4.78, 5) is 8.77. The number of fused-ring (bicyclic) bond motifs is 3. The summed E-state index contributed by atoms with van der Waals surface area (Å²) in [7, 11) is 2.10. The molecule has 4 heterocycles. The topological polar surface area (TPSA) is 76.1 Å². The number of aryl methyl sites for hydroxylation is 1. The van der Waals surface area contributed by atoms with Gasteiger partial charge in [-0.1, -0.05) is 11.6 Å². The van der Waals surface area contributed by atoms with E-state index in [4.69, 9.17) is 16.1 Å². The number of nitrogens with zero attached hydrogens (tertiary/aromatic N) is 7. The second-order valence-electron chi connectivity index (χ2n) is 7.63. The Hall–Kier alpha value is -2.45. The van der Waals surface area contributed by atoms with Crippen molar-refractivity contribution in [1.82, 2.24) is 29.8 Å². The van der Waals surface area contributed by atoms with E-state index in [1.807, 2.05) is 19.1 Å². The lowest BCUT2D eigenvalue weighted by Gasteiger charge is -2.30. The predicted octanol–water partition coefficient (Wildman–Crippen LogP) is 2.94. The minimum atomic E-state index is 0.345. The fourth-order valence-electron chi connectivity index (χ4n) is 4.20. The second kappa shape index (κ2) is 6.86. The zero-order valence-electron chi connectivity index (χ0n) is 16.0. The van der Waals surface area contributed by atoms with E-state index in [-0.39, 0.29) is 0 Å². The Morgan fingerprint density at radius 3 is 2.71 bits per heavy atom. The van der Waals surface area contributed by atoms with Gasteiger partial charge in [0.15, 0.2) is 5.82 Å². The fraction of sp³-hybridized carbons (Fsp3) is 0.474. The van der Waals surface area contributed by atoms with Gasteiger partial charge in [0.1, 0.15) is 5.82 Å². The monoisotopic (exact) mass is 399 g/mol. The van der Waals surface area contributed by atoms with Crippen LogP contribution in [-0.4, -0.2) is 49.9 Å². The molecular formula is C19H22ClN7O. The summed E-state index contributed by atoms with van der Waals surface area (Å²) in [5, 5.41) is 13.9.